The number of alkyl halides is 3. The number of nitrogens with one attached hydrogen (secondary N) is 1. The molecule has 0 aliphatic rings. The van der Waals surface area contributed by atoms with E-state index in [-0.39, 0.29) is 36.8 Å². The van der Waals surface area contributed by atoms with Crippen molar-refractivity contribution >= 4 is 15.9 Å². The van der Waals surface area contributed by atoms with Gasteiger partial charge in [-0.25, -0.2) is 13.1 Å². The van der Waals surface area contributed by atoms with Crippen LogP contribution in [0.2, 0.25) is 0 Å². The third-order valence-electron chi connectivity index (χ3n) is 2.57. The molecule has 0 bridgehead atoms. The fraction of sp³-hybridized carbons (Fsp3) is 0.250. The Labute approximate surface area is 163 Å². The van der Waals surface area contributed by atoms with E-state index >= 15 is 0 Å². The molecule has 8 nitrogen and oxygen atoms in total. The average Bonchev–Trinajstić information content (AvgIpc) is 2.94. The van der Waals surface area contributed by atoms with Crippen molar-refractivity contribution < 1.29 is 66.6 Å². The summed E-state index contributed by atoms with van der Waals surface area (Å²) in [7, 11) is -4.66. The van der Waals surface area contributed by atoms with Crippen molar-refractivity contribution in [2.24, 2.45) is 0 Å². The Morgan fingerprint density at radius 1 is 1.36 bits per heavy atom. The zero-order valence-corrected chi connectivity index (χ0v) is 15.8. The van der Waals surface area contributed by atoms with E-state index in [1.807, 2.05) is 0 Å². The number of rotatable bonds is 5. The van der Waals surface area contributed by atoms with Crippen LogP contribution in [0.25, 0.3) is 0 Å². The second kappa shape index (κ2) is 8.17. The fourth-order valence-electron chi connectivity index (χ4n) is 1.59. The molecule has 1 amide bonds. The summed E-state index contributed by atoms with van der Waals surface area (Å²) in [5, 5.41) is 3.41. The van der Waals surface area contributed by atoms with Crippen LogP contribution in [0.15, 0.2) is 33.7 Å². The van der Waals surface area contributed by atoms with E-state index in [0.29, 0.717) is 6.42 Å². The number of aromatic nitrogens is 2. The first kappa shape index (κ1) is 21.4. The Bertz CT molecular complexity index is 860. The molecule has 1 aromatic heterocycles. The third kappa shape index (κ3) is 5.70. The number of para-hydroxylation sites is 1. The first-order valence-corrected chi connectivity index (χ1v) is 7.85. The first-order valence-electron chi connectivity index (χ1n) is 6.37. The van der Waals surface area contributed by atoms with E-state index in [0.717, 1.165) is 18.2 Å². The van der Waals surface area contributed by atoms with Gasteiger partial charge in [-0.15, -0.1) is 13.2 Å². The summed E-state index contributed by atoms with van der Waals surface area (Å²) < 4.78 is 71.0. The SMILES string of the molecule is CCc1noc(C(=O)NS(=O)(=O)c2ccccc2OC(F)(F)F)n1.[H-].[Na+]. The van der Waals surface area contributed by atoms with E-state index in [1.165, 1.54) is 6.07 Å². The Kier molecular flexibility index (Phi) is 6.99. The van der Waals surface area contributed by atoms with E-state index in [1.54, 1.807) is 11.6 Å². The summed E-state index contributed by atoms with van der Waals surface area (Å²) in [6.45, 7) is 1.67. The molecule has 132 valence electrons. The van der Waals surface area contributed by atoms with Gasteiger partial charge in [0.25, 0.3) is 10.0 Å². The second-order valence-corrected chi connectivity index (χ2v) is 5.95. The number of hydrogen-bond acceptors (Lipinski definition) is 7. The number of aryl methyl sites for hydroxylation is 1. The number of benzene rings is 1. The van der Waals surface area contributed by atoms with Gasteiger partial charge < -0.3 is 10.7 Å². The van der Waals surface area contributed by atoms with E-state index < -0.39 is 38.8 Å². The molecule has 1 heterocycles. The molecule has 0 radical (unpaired) electrons. The Hall–Kier alpha value is -1.63. The Morgan fingerprint density at radius 2 is 2.00 bits per heavy atom. The molecule has 2 rings (SSSR count). The number of nitrogens with zero attached hydrogens (tertiary/aromatic N) is 2. The molecule has 1 aromatic carbocycles. The molecule has 0 saturated carbocycles. The van der Waals surface area contributed by atoms with E-state index in [9.17, 15) is 26.4 Å². The van der Waals surface area contributed by atoms with Crippen LogP contribution in [0.1, 0.15) is 24.9 Å². The quantitative estimate of drug-likeness (QED) is 0.637. The second-order valence-electron chi connectivity index (χ2n) is 4.30. The van der Waals surface area contributed by atoms with Gasteiger partial charge in [-0.05, 0) is 12.1 Å². The maximum atomic E-state index is 12.3. The fourth-order valence-corrected chi connectivity index (χ4v) is 2.67. The van der Waals surface area contributed by atoms with Crippen LogP contribution < -0.4 is 39.0 Å². The average molecular weight is 389 g/mol. The summed E-state index contributed by atoms with van der Waals surface area (Å²) in [4.78, 5) is 14.6. The van der Waals surface area contributed by atoms with E-state index in [2.05, 4.69) is 19.4 Å². The Morgan fingerprint density at radius 3 is 2.56 bits per heavy atom. The van der Waals surface area contributed by atoms with Crippen LogP contribution in [0.4, 0.5) is 13.2 Å². The minimum absolute atomic E-state index is 0. The normalized spacial score (nSPS) is 11.5. The number of carbonyl (C=O) groups excluding carboxylic acids is 1. The van der Waals surface area contributed by atoms with Crippen molar-refractivity contribution in [1.82, 2.24) is 14.9 Å². The molecular weight excluding hydrogens is 378 g/mol. The van der Waals surface area contributed by atoms with Gasteiger partial charge in [-0.2, -0.15) is 4.98 Å². The molecule has 25 heavy (non-hydrogen) atoms. The van der Waals surface area contributed by atoms with Gasteiger partial charge in [0.1, 0.15) is 10.6 Å². The summed E-state index contributed by atoms with van der Waals surface area (Å²) in [5.41, 5.74) is 0. The molecule has 13 heteroatoms. The van der Waals surface area contributed by atoms with Gasteiger partial charge in [-0.1, -0.05) is 24.2 Å². The molecule has 0 aliphatic carbocycles. The number of ether oxygens (including phenoxy) is 1. The van der Waals surface area contributed by atoms with Gasteiger partial charge in [0.2, 0.25) is 0 Å². The van der Waals surface area contributed by atoms with Crippen molar-refractivity contribution in [2.75, 3.05) is 0 Å². The molecule has 2 aromatic rings. The zero-order valence-electron chi connectivity index (χ0n) is 14.0. The number of sulfonamides is 1. The van der Waals surface area contributed by atoms with Crippen LogP contribution in [-0.2, 0) is 16.4 Å². The van der Waals surface area contributed by atoms with Gasteiger partial charge in [0.05, 0.1) is 0 Å². The van der Waals surface area contributed by atoms with Crippen LogP contribution in [0, 0.1) is 0 Å². The van der Waals surface area contributed by atoms with Crippen LogP contribution in [-0.4, -0.2) is 30.8 Å². The molecule has 0 spiro atoms. The van der Waals surface area contributed by atoms with Gasteiger partial charge in [-0.3, -0.25) is 4.79 Å². The number of carbonyl (C=O) groups is 1. The topological polar surface area (TPSA) is 111 Å². The summed E-state index contributed by atoms with van der Waals surface area (Å²) in [6.07, 6.45) is -4.76. The number of hydrogen-bond donors (Lipinski definition) is 1. The minimum atomic E-state index is -5.10. The number of amides is 1. The predicted octanol–water partition coefficient (Wildman–Crippen LogP) is -1.23. The summed E-state index contributed by atoms with van der Waals surface area (Å²) in [5.74, 6) is -2.72. The van der Waals surface area contributed by atoms with Crippen LogP contribution >= 0.6 is 0 Å². The van der Waals surface area contributed by atoms with Crippen LogP contribution in [0.3, 0.4) is 0 Å². The monoisotopic (exact) mass is 389 g/mol. The van der Waals surface area contributed by atoms with Crippen LogP contribution in [0.5, 0.6) is 5.75 Å². The molecular formula is C12H11F3N3NaO5S. The smallest absolute Gasteiger partial charge is 1.00 e. The number of halogens is 3. The maximum absolute atomic E-state index is 12.3. The van der Waals surface area contributed by atoms with Crippen molar-refractivity contribution in [3.63, 3.8) is 0 Å². The molecule has 0 saturated heterocycles. The van der Waals surface area contributed by atoms with Crippen molar-refractivity contribution in [3.8, 4) is 5.75 Å². The summed E-state index contributed by atoms with van der Waals surface area (Å²) in [6, 6.07) is 3.97. The predicted molar refractivity (Wildman–Crippen MR) is 72.6 cm³/mol. The zero-order chi connectivity index (χ0) is 18.0. The molecule has 1 N–H and O–H groups in total. The first-order chi connectivity index (χ1) is 11.1. The third-order valence-corrected chi connectivity index (χ3v) is 3.94. The molecule has 0 fully saturated rings. The van der Waals surface area contributed by atoms with Crippen molar-refractivity contribution in [1.29, 1.82) is 0 Å². The van der Waals surface area contributed by atoms with Gasteiger partial charge >= 0.3 is 47.7 Å². The van der Waals surface area contributed by atoms with Gasteiger partial charge in [0.15, 0.2) is 5.82 Å². The molecule has 0 aliphatic heterocycles. The van der Waals surface area contributed by atoms with Gasteiger partial charge in [0, 0.05) is 6.42 Å². The van der Waals surface area contributed by atoms with Crippen molar-refractivity contribution in [3.05, 3.63) is 36.0 Å². The maximum Gasteiger partial charge on any atom is 1.00 e. The van der Waals surface area contributed by atoms with E-state index in [4.69, 9.17) is 0 Å². The Balaban J connectivity index is 0.00000312. The van der Waals surface area contributed by atoms with Crippen molar-refractivity contribution in [2.45, 2.75) is 24.6 Å². The summed E-state index contributed by atoms with van der Waals surface area (Å²) >= 11 is 0. The molecule has 0 atom stereocenters. The minimum Gasteiger partial charge on any atom is -1.00 e. The largest absolute Gasteiger partial charge is 1.00 e. The standard InChI is InChI=1S/C12H10F3N3O5S.Na.H/c1-2-9-16-11(23-17-9)10(19)18-24(20,21)8-6-4-3-5-7(8)22-12(13,14)15;;/h3-6H,2H2,1H3,(H,18,19);;/q;+1;-1. The molecule has 0 unspecified atom stereocenters.